The van der Waals surface area contributed by atoms with Crippen LogP contribution < -0.4 is 0 Å². The molecule has 0 saturated heterocycles. The van der Waals surface area contributed by atoms with Crippen molar-refractivity contribution < 1.29 is 4.79 Å². The molecule has 0 aliphatic heterocycles. The summed E-state index contributed by atoms with van der Waals surface area (Å²) in [5.41, 5.74) is 0.724. The molecule has 0 aromatic heterocycles. The van der Waals surface area contributed by atoms with Crippen molar-refractivity contribution in [2.24, 2.45) is 0 Å². The van der Waals surface area contributed by atoms with E-state index in [1.165, 1.54) is 0 Å². The van der Waals surface area contributed by atoms with E-state index in [4.69, 9.17) is 0 Å². The van der Waals surface area contributed by atoms with Gasteiger partial charge in [-0.1, -0.05) is 64.1 Å². The molecule has 2 heteroatoms. The van der Waals surface area contributed by atoms with Gasteiger partial charge in [0.1, 0.15) is 0 Å². The van der Waals surface area contributed by atoms with Crippen LogP contribution in [0.1, 0.15) is 38.1 Å². The van der Waals surface area contributed by atoms with Crippen molar-refractivity contribution in [3.8, 4) is 0 Å². The Bertz CT molecular complexity index is 571. The van der Waals surface area contributed by atoms with Gasteiger partial charge in [-0.25, -0.2) is 0 Å². The monoisotopic (exact) mass is 285 g/mol. The standard InChI is InChI=1S/C15H15NO.2C2H6/c1-16(2)10-9-15(17)14-8-7-12-5-3-4-6-13(12)11-14;2*1-2/h3-11H,1-2H3;2*1-2H3/b10-9+;;. The minimum absolute atomic E-state index is 0.0319. The molecular weight excluding hydrogens is 258 g/mol. The molecule has 0 spiro atoms. The molecule has 2 rings (SSSR count). The van der Waals surface area contributed by atoms with Gasteiger partial charge in [0.15, 0.2) is 5.78 Å². The average molecular weight is 285 g/mol. The molecule has 0 saturated carbocycles. The fourth-order valence-corrected chi connectivity index (χ4v) is 1.66. The highest BCUT2D eigenvalue weighted by Gasteiger charge is 2.02. The average Bonchev–Trinajstić information content (AvgIpc) is 2.56. The number of carbonyl (C=O) groups is 1. The third kappa shape index (κ3) is 6.26. The summed E-state index contributed by atoms with van der Waals surface area (Å²) in [5.74, 6) is 0.0319. The fourth-order valence-electron chi connectivity index (χ4n) is 1.66. The van der Waals surface area contributed by atoms with E-state index in [1.807, 2.05) is 89.2 Å². The predicted octanol–water partition coefficient (Wildman–Crippen LogP) is 5.15. The largest absolute Gasteiger partial charge is 0.383 e. The van der Waals surface area contributed by atoms with Crippen molar-refractivity contribution in [1.82, 2.24) is 4.90 Å². The Labute approximate surface area is 129 Å². The Kier molecular flexibility index (Phi) is 9.61. The van der Waals surface area contributed by atoms with Crippen molar-refractivity contribution in [2.75, 3.05) is 14.1 Å². The Morgan fingerprint density at radius 1 is 0.905 bits per heavy atom. The first-order valence-electron chi connectivity index (χ1n) is 7.54. The number of allylic oxidation sites excluding steroid dienone is 1. The first kappa shape index (κ1) is 18.9. The van der Waals surface area contributed by atoms with Gasteiger partial charge >= 0.3 is 0 Å². The van der Waals surface area contributed by atoms with Crippen LogP contribution in [-0.2, 0) is 0 Å². The second kappa shape index (κ2) is 10.7. The molecule has 0 N–H and O–H groups in total. The van der Waals surface area contributed by atoms with Crippen LogP contribution in [0.25, 0.3) is 10.8 Å². The highest BCUT2D eigenvalue weighted by molar-refractivity contribution is 6.06. The van der Waals surface area contributed by atoms with Crippen LogP contribution in [0.4, 0.5) is 0 Å². The van der Waals surface area contributed by atoms with Crippen LogP contribution in [0, 0.1) is 0 Å². The molecule has 0 heterocycles. The van der Waals surface area contributed by atoms with Gasteiger partial charge in [-0.05, 0) is 16.8 Å². The van der Waals surface area contributed by atoms with E-state index in [0.29, 0.717) is 0 Å². The number of ketones is 1. The molecule has 0 fully saturated rings. The molecule has 2 nitrogen and oxygen atoms in total. The van der Waals surface area contributed by atoms with Crippen molar-refractivity contribution in [3.05, 3.63) is 60.3 Å². The summed E-state index contributed by atoms with van der Waals surface area (Å²) in [6.07, 6.45) is 3.35. The van der Waals surface area contributed by atoms with E-state index in [9.17, 15) is 4.79 Å². The number of hydrogen-bond acceptors (Lipinski definition) is 2. The summed E-state index contributed by atoms with van der Waals surface area (Å²) in [6, 6.07) is 13.8. The lowest BCUT2D eigenvalue weighted by molar-refractivity contribution is 0.104. The lowest BCUT2D eigenvalue weighted by atomic mass is 10.0. The first-order valence-corrected chi connectivity index (χ1v) is 7.54. The molecule has 21 heavy (non-hydrogen) atoms. The highest BCUT2D eigenvalue weighted by Crippen LogP contribution is 2.16. The van der Waals surface area contributed by atoms with E-state index in [0.717, 1.165) is 16.3 Å². The van der Waals surface area contributed by atoms with E-state index in [-0.39, 0.29) is 5.78 Å². The zero-order valence-corrected chi connectivity index (χ0v) is 14.1. The third-order valence-electron chi connectivity index (χ3n) is 2.56. The van der Waals surface area contributed by atoms with Crippen LogP contribution >= 0.6 is 0 Å². The number of benzene rings is 2. The van der Waals surface area contributed by atoms with Crippen molar-refractivity contribution in [3.63, 3.8) is 0 Å². The lowest BCUT2D eigenvalue weighted by Gasteiger charge is -2.03. The van der Waals surface area contributed by atoms with Crippen LogP contribution in [0.5, 0.6) is 0 Å². The van der Waals surface area contributed by atoms with Crippen LogP contribution in [0.2, 0.25) is 0 Å². The topological polar surface area (TPSA) is 20.3 Å². The lowest BCUT2D eigenvalue weighted by Crippen LogP contribution is -2.03. The second-order valence-corrected chi connectivity index (χ2v) is 4.21. The maximum atomic E-state index is 11.9. The third-order valence-corrected chi connectivity index (χ3v) is 2.56. The summed E-state index contributed by atoms with van der Waals surface area (Å²) >= 11 is 0. The fraction of sp³-hybridized carbons (Fsp3) is 0.316. The van der Waals surface area contributed by atoms with E-state index in [1.54, 1.807) is 12.3 Å². The van der Waals surface area contributed by atoms with Crippen LogP contribution in [0.15, 0.2) is 54.7 Å². The normalized spacial score (nSPS) is 9.43. The molecule has 2 aromatic carbocycles. The molecule has 0 unspecified atom stereocenters. The quantitative estimate of drug-likeness (QED) is 0.574. The van der Waals surface area contributed by atoms with Gasteiger partial charge in [-0.2, -0.15) is 0 Å². The Hall–Kier alpha value is -2.09. The van der Waals surface area contributed by atoms with Crippen LogP contribution in [0.3, 0.4) is 0 Å². The van der Waals surface area contributed by atoms with E-state index < -0.39 is 0 Å². The molecule has 0 aliphatic rings. The second-order valence-electron chi connectivity index (χ2n) is 4.21. The Morgan fingerprint density at radius 3 is 2.05 bits per heavy atom. The molecule has 0 aliphatic carbocycles. The zero-order valence-electron chi connectivity index (χ0n) is 14.1. The molecular formula is C19H27NO. The molecule has 2 aromatic rings. The minimum atomic E-state index is 0.0319. The molecule has 0 bridgehead atoms. The van der Waals surface area contributed by atoms with Gasteiger partial charge in [0.2, 0.25) is 0 Å². The number of fused-ring (bicyclic) bond motifs is 1. The van der Waals surface area contributed by atoms with Gasteiger partial charge in [0.05, 0.1) is 0 Å². The number of rotatable bonds is 3. The summed E-state index contributed by atoms with van der Waals surface area (Å²) < 4.78 is 0. The first-order chi connectivity index (χ1) is 10.2. The Morgan fingerprint density at radius 2 is 1.48 bits per heavy atom. The maximum absolute atomic E-state index is 11.9. The summed E-state index contributed by atoms with van der Waals surface area (Å²) in [5, 5.41) is 2.25. The smallest absolute Gasteiger partial charge is 0.187 e. The van der Waals surface area contributed by atoms with Gasteiger partial charge in [0.25, 0.3) is 0 Å². The SMILES string of the molecule is CC.CC.CN(C)/C=C/C(=O)c1ccc2ccccc2c1. The molecule has 114 valence electrons. The van der Waals surface area contributed by atoms with E-state index >= 15 is 0 Å². The predicted molar refractivity (Wildman–Crippen MR) is 93.8 cm³/mol. The van der Waals surface area contributed by atoms with Gasteiger partial charge in [-0.15, -0.1) is 0 Å². The molecule has 0 radical (unpaired) electrons. The van der Waals surface area contributed by atoms with Gasteiger partial charge in [0, 0.05) is 31.9 Å². The number of hydrogen-bond donors (Lipinski definition) is 0. The summed E-state index contributed by atoms with van der Waals surface area (Å²) in [6.45, 7) is 8.00. The van der Waals surface area contributed by atoms with E-state index in [2.05, 4.69) is 0 Å². The number of carbonyl (C=O) groups excluding carboxylic acids is 1. The molecule has 0 amide bonds. The number of nitrogens with zero attached hydrogens (tertiary/aromatic N) is 1. The van der Waals surface area contributed by atoms with Crippen molar-refractivity contribution in [2.45, 2.75) is 27.7 Å². The van der Waals surface area contributed by atoms with Crippen molar-refractivity contribution in [1.29, 1.82) is 0 Å². The van der Waals surface area contributed by atoms with Gasteiger partial charge < -0.3 is 4.90 Å². The maximum Gasteiger partial charge on any atom is 0.187 e. The minimum Gasteiger partial charge on any atom is -0.383 e. The van der Waals surface area contributed by atoms with Gasteiger partial charge in [-0.3, -0.25) is 4.79 Å². The molecule has 0 atom stereocenters. The highest BCUT2D eigenvalue weighted by atomic mass is 16.1. The zero-order chi connectivity index (χ0) is 16.3. The van der Waals surface area contributed by atoms with Crippen molar-refractivity contribution >= 4 is 16.6 Å². The summed E-state index contributed by atoms with van der Waals surface area (Å²) in [4.78, 5) is 13.7. The Balaban J connectivity index is 0.000000921. The summed E-state index contributed by atoms with van der Waals surface area (Å²) in [7, 11) is 3.79. The van der Waals surface area contributed by atoms with Crippen LogP contribution in [-0.4, -0.2) is 24.8 Å².